The Bertz CT molecular complexity index is 447. The Kier molecular flexibility index (Phi) is 0.986. The zero-order valence-corrected chi connectivity index (χ0v) is 6.33. The molecule has 2 aromatic rings. The molecule has 58 valence electrons. The summed E-state index contributed by atoms with van der Waals surface area (Å²) in [4.78, 5) is 17.6. The van der Waals surface area contributed by atoms with Crippen molar-refractivity contribution in [1.82, 2.24) is 19.1 Å². The summed E-state index contributed by atoms with van der Waals surface area (Å²) >= 11 is 0. The molecule has 0 saturated heterocycles. The van der Waals surface area contributed by atoms with Crippen LogP contribution in [-0.4, -0.2) is 19.1 Å². The largest absolute Gasteiger partial charge is 0.328 e. The van der Waals surface area contributed by atoms with Crippen LogP contribution in [0.3, 0.4) is 0 Å². The Balaban J connectivity index is 3.07. The van der Waals surface area contributed by atoms with Gasteiger partial charge in [0, 0.05) is 14.1 Å². The van der Waals surface area contributed by atoms with Crippen LogP contribution in [0.5, 0.6) is 0 Å². The fourth-order valence-corrected chi connectivity index (χ4v) is 1.19. The number of nitrogens with one attached hydrogen (secondary N) is 1. The lowest BCUT2D eigenvalue weighted by molar-refractivity contribution is 0.821. The number of fused-ring (bicyclic) bond motifs is 1. The fraction of sp³-hybridized carbons (Fsp3) is 0.333. The average molecular weight is 152 g/mol. The second-order valence-electron chi connectivity index (χ2n) is 2.52. The SMILES string of the molecule is Cn1cnc2[nH]c(=O)n(C)c21. The van der Waals surface area contributed by atoms with Gasteiger partial charge in [-0.25, -0.2) is 9.78 Å². The first kappa shape index (κ1) is 6.21. The van der Waals surface area contributed by atoms with Gasteiger partial charge in [0.25, 0.3) is 0 Å². The molecule has 2 aromatic heterocycles. The van der Waals surface area contributed by atoms with Crippen LogP contribution in [0.2, 0.25) is 0 Å². The van der Waals surface area contributed by atoms with E-state index in [0.717, 1.165) is 5.65 Å². The summed E-state index contributed by atoms with van der Waals surface area (Å²) < 4.78 is 3.33. The highest BCUT2D eigenvalue weighted by molar-refractivity contribution is 5.66. The third kappa shape index (κ3) is 0.646. The van der Waals surface area contributed by atoms with E-state index in [1.54, 1.807) is 17.9 Å². The Morgan fingerprint density at radius 3 is 2.91 bits per heavy atom. The number of hydrogen-bond acceptors (Lipinski definition) is 2. The topological polar surface area (TPSA) is 55.6 Å². The van der Waals surface area contributed by atoms with Crippen molar-refractivity contribution in [2.24, 2.45) is 14.1 Å². The van der Waals surface area contributed by atoms with Crippen LogP contribution in [0, 0.1) is 0 Å². The van der Waals surface area contributed by atoms with E-state index in [9.17, 15) is 4.79 Å². The predicted octanol–water partition coefficient (Wildman–Crippen LogP) is -0.400. The lowest BCUT2D eigenvalue weighted by Gasteiger charge is -1.91. The van der Waals surface area contributed by atoms with Gasteiger partial charge in [-0.3, -0.25) is 9.55 Å². The molecule has 0 atom stereocenters. The molecule has 0 aliphatic carbocycles. The van der Waals surface area contributed by atoms with Gasteiger partial charge in [0.15, 0.2) is 11.3 Å². The third-order valence-electron chi connectivity index (χ3n) is 1.75. The number of aromatic nitrogens is 4. The first-order valence-corrected chi connectivity index (χ1v) is 3.26. The molecule has 0 radical (unpaired) electrons. The summed E-state index contributed by atoms with van der Waals surface area (Å²) in [6, 6.07) is 0. The van der Waals surface area contributed by atoms with Gasteiger partial charge in [-0.2, -0.15) is 0 Å². The molecule has 2 rings (SSSR count). The summed E-state index contributed by atoms with van der Waals surface area (Å²) in [5.41, 5.74) is 1.33. The monoisotopic (exact) mass is 152 g/mol. The van der Waals surface area contributed by atoms with Gasteiger partial charge in [-0.1, -0.05) is 0 Å². The van der Waals surface area contributed by atoms with Crippen molar-refractivity contribution in [1.29, 1.82) is 0 Å². The third-order valence-corrected chi connectivity index (χ3v) is 1.75. The summed E-state index contributed by atoms with van der Waals surface area (Å²) in [5.74, 6) is 0. The normalized spacial score (nSPS) is 11.1. The zero-order chi connectivity index (χ0) is 8.01. The van der Waals surface area contributed by atoms with E-state index in [1.165, 1.54) is 4.57 Å². The molecule has 5 heteroatoms. The minimum Gasteiger partial charge on any atom is -0.318 e. The minimum atomic E-state index is -0.126. The highest BCUT2D eigenvalue weighted by atomic mass is 16.1. The van der Waals surface area contributed by atoms with E-state index in [1.807, 2.05) is 7.05 Å². The molecule has 0 fully saturated rings. The number of nitrogens with zero attached hydrogens (tertiary/aromatic N) is 3. The van der Waals surface area contributed by atoms with E-state index >= 15 is 0 Å². The molecule has 0 saturated carbocycles. The van der Waals surface area contributed by atoms with Crippen LogP contribution < -0.4 is 5.69 Å². The molecule has 0 aliphatic heterocycles. The molecule has 0 spiro atoms. The van der Waals surface area contributed by atoms with E-state index in [-0.39, 0.29) is 5.69 Å². The summed E-state index contributed by atoms with van der Waals surface area (Å²) in [7, 11) is 3.56. The average Bonchev–Trinajstić information content (AvgIpc) is 2.41. The number of H-pyrrole nitrogens is 1. The van der Waals surface area contributed by atoms with Crippen molar-refractivity contribution < 1.29 is 0 Å². The van der Waals surface area contributed by atoms with Crippen molar-refractivity contribution in [2.45, 2.75) is 0 Å². The Labute approximate surface area is 62.3 Å². The summed E-state index contributed by atoms with van der Waals surface area (Å²) in [5, 5.41) is 0. The van der Waals surface area contributed by atoms with Crippen LogP contribution in [-0.2, 0) is 14.1 Å². The van der Waals surface area contributed by atoms with E-state index < -0.39 is 0 Å². The number of hydrogen-bond donors (Lipinski definition) is 1. The summed E-state index contributed by atoms with van der Waals surface area (Å²) in [6.45, 7) is 0. The second-order valence-corrected chi connectivity index (χ2v) is 2.52. The molecule has 11 heavy (non-hydrogen) atoms. The lowest BCUT2D eigenvalue weighted by Crippen LogP contribution is -2.13. The van der Waals surface area contributed by atoms with Crippen LogP contribution in [0.15, 0.2) is 11.1 Å². The molecular weight excluding hydrogens is 144 g/mol. The quantitative estimate of drug-likeness (QED) is 0.558. The highest BCUT2D eigenvalue weighted by Gasteiger charge is 2.05. The maximum atomic E-state index is 11.0. The van der Waals surface area contributed by atoms with Crippen LogP contribution >= 0.6 is 0 Å². The molecule has 0 unspecified atom stereocenters. The molecule has 0 bridgehead atoms. The standard InChI is InChI=1S/C6H8N4O/c1-9-3-7-4-5(9)10(2)6(11)8-4/h3H,1-2H3,(H,8,11). The molecule has 0 amide bonds. The van der Waals surface area contributed by atoms with Crippen molar-refractivity contribution >= 4 is 11.3 Å². The molecular formula is C6H8N4O. The number of imidazole rings is 2. The van der Waals surface area contributed by atoms with E-state index in [0.29, 0.717) is 5.65 Å². The van der Waals surface area contributed by atoms with Gasteiger partial charge in [0.05, 0.1) is 6.33 Å². The molecule has 1 N–H and O–H groups in total. The molecule has 2 heterocycles. The van der Waals surface area contributed by atoms with Crippen LogP contribution in [0.1, 0.15) is 0 Å². The zero-order valence-electron chi connectivity index (χ0n) is 6.33. The van der Waals surface area contributed by atoms with Crippen molar-refractivity contribution in [3.05, 3.63) is 16.8 Å². The number of aromatic amines is 1. The first-order chi connectivity index (χ1) is 5.20. The van der Waals surface area contributed by atoms with Gasteiger partial charge in [0.1, 0.15) is 0 Å². The van der Waals surface area contributed by atoms with E-state index in [4.69, 9.17) is 0 Å². The number of aryl methyl sites for hydroxylation is 2. The van der Waals surface area contributed by atoms with Crippen LogP contribution in [0.25, 0.3) is 11.3 Å². The molecule has 5 nitrogen and oxygen atoms in total. The van der Waals surface area contributed by atoms with Gasteiger partial charge < -0.3 is 4.57 Å². The Hall–Kier alpha value is -1.52. The molecule has 0 aromatic carbocycles. The maximum Gasteiger partial charge on any atom is 0.328 e. The minimum absolute atomic E-state index is 0.126. The van der Waals surface area contributed by atoms with Gasteiger partial charge in [-0.15, -0.1) is 0 Å². The highest BCUT2D eigenvalue weighted by Crippen LogP contribution is 2.03. The number of rotatable bonds is 0. The first-order valence-electron chi connectivity index (χ1n) is 3.26. The van der Waals surface area contributed by atoms with Crippen molar-refractivity contribution in [3.63, 3.8) is 0 Å². The second kappa shape index (κ2) is 1.75. The maximum absolute atomic E-state index is 11.0. The predicted molar refractivity (Wildman–Crippen MR) is 40.3 cm³/mol. The van der Waals surface area contributed by atoms with Crippen LogP contribution in [0.4, 0.5) is 0 Å². The van der Waals surface area contributed by atoms with Gasteiger partial charge >= 0.3 is 5.69 Å². The van der Waals surface area contributed by atoms with Crippen molar-refractivity contribution in [2.75, 3.05) is 0 Å². The van der Waals surface area contributed by atoms with Gasteiger partial charge in [-0.05, 0) is 0 Å². The van der Waals surface area contributed by atoms with Gasteiger partial charge in [0.2, 0.25) is 0 Å². The fourth-order valence-electron chi connectivity index (χ4n) is 1.19. The Morgan fingerprint density at radius 1 is 1.55 bits per heavy atom. The summed E-state index contributed by atoms with van der Waals surface area (Å²) in [6.07, 6.45) is 1.67. The smallest absolute Gasteiger partial charge is 0.318 e. The van der Waals surface area contributed by atoms with E-state index in [2.05, 4.69) is 9.97 Å². The lowest BCUT2D eigenvalue weighted by atomic mass is 10.7. The Morgan fingerprint density at radius 2 is 2.27 bits per heavy atom. The molecule has 0 aliphatic rings. The van der Waals surface area contributed by atoms with Crippen molar-refractivity contribution in [3.8, 4) is 0 Å².